The van der Waals surface area contributed by atoms with Crippen LogP contribution in [-0.4, -0.2) is 13.1 Å². The van der Waals surface area contributed by atoms with Gasteiger partial charge >= 0.3 is 5.97 Å². The molecule has 0 saturated carbocycles. The molecule has 0 N–H and O–H groups in total. The summed E-state index contributed by atoms with van der Waals surface area (Å²) in [6, 6.07) is 10.0. The lowest BCUT2D eigenvalue weighted by atomic mass is 10.2. The molecule has 3 heteroatoms. The van der Waals surface area contributed by atoms with E-state index in [9.17, 15) is 4.79 Å². The minimum absolute atomic E-state index is 0.131. The van der Waals surface area contributed by atoms with E-state index in [2.05, 4.69) is 11.3 Å². The van der Waals surface area contributed by atoms with Crippen molar-refractivity contribution in [3.8, 4) is 0 Å². The summed E-state index contributed by atoms with van der Waals surface area (Å²) >= 11 is 5.80. The summed E-state index contributed by atoms with van der Waals surface area (Å²) in [5.74, 6) is -0.347. The van der Waals surface area contributed by atoms with E-state index in [1.54, 1.807) is 6.92 Å². The molecule has 0 aliphatic carbocycles. The van der Waals surface area contributed by atoms with Crippen LogP contribution in [0.1, 0.15) is 24.8 Å². The Balaban J connectivity index is 0.000000293. The summed E-state index contributed by atoms with van der Waals surface area (Å²) in [4.78, 5) is 10.2. The number of esters is 1. The SMILES string of the molecule is C=C(C)C(=O)OC.CC(Cl)c1ccccc1. The summed E-state index contributed by atoms with van der Waals surface area (Å²) in [5, 5.41) is 0.131. The lowest BCUT2D eigenvalue weighted by Gasteiger charge is -1.99. The maximum atomic E-state index is 10.2. The van der Waals surface area contributed by atoms with Gasteiger partial charge in [0.25, 0.3) is 0 Å². The molecule has 0 saturated heterocycles. The van der Waals surface area contributed by atoms with Gasteiger partial charge in [-0.15, -0.1) is 11.6 Å². The van der Waals surface area contributed by atoms with Crippen molar-refractivity contribution in [2.24, 2.45) is 0 Å². The van der Waals surface area contributed by atoms with E-state index >= 15 is 0 Å². The van der Waals surface area contributed by atoms with Gasteiger partial charge in [-0.05, 0) is 19.4 Å². The van der Waals surface area contributed by atoms with Crippen LogP contribution in [-0.2, 0) is 9.53 Å². The fourth-order valence-electron chi connectivity index (χ4n) is 0.892. The van der Waals surface area contributed by atoms with Gasteiger partial charge in [0.15, 0.2) is 0 Å². The highest BCUT2D eigenvalue weighted by Crippen LogP contribution is 2.17. The summed E-state index contributed by atoms with van der Waals surface area (Å²) in [6.07, 6.45) is 0. The zero-order valence-corrected chi connectivity index (χ0v) is 10.6. The van der Waals surface area contributed by atoms with Crippen LogP contribution in [0.25, 0.3) is 0 Å². The number of ether oxygens (including phenoxy) is 1. The van der Waals surface area contributed by atoms with Gasteiger partial charge in [-0.2, -0.15) is 0 Å². The van der Waals surface area contributed by atoms with Crippen LogP contribution in [0.5, 0.6) is 0 Å². The lowest BCUT2D eigenvalue weighted by Crippen LogP contribution is -1.98. The van der Waals surface area contributed by atoms with Crippen molar-refractivity contribution in [1.29, 1.82) is 0 Å². The summed E-state index contributed by atoms with van der Waals surface area (Å²) in [7, 11) is 1.33. The third-order valence-corrected chi connectivity index (χ3v) is 2.04. The quantitative estimate of drug-likeness (QED) is 0.447. The Morgan fingerprint density at radius 2 is 1.88 bits per heavy atom. The molecule has 0 aliphatic heterocycles. The second kappa shape index (κ2) is 7.94. The number of carbonyl (C=O) groups excluding carboxylic acids is 1. The van der Waals surface area contributed by atoms with Crippen LogP contribution >= 0.6 is 11.6 Å². The molecular weight excluding hydrogens is 224 g/mol. The van der Waals surface area contributed by atoms with E-state index < -0.39 is 0 Å². The number of benzene rings is 1. The third-order valence-electron chi connectivity index (χ3n) is 1.79. The average molecular weight is 241 g/mol. The molecule has 0 bridgehead atoms. The van der Waals surface area contributed by atoms with Crippen LogP contribution in [0.15, 0.2) is 42.5 Å². The summed E-state index contributed by atoms with van der Waals surface area (Å²) in [6.45, 7) is 6.92. The van der Waals surface area contributed by atoms with E-state index in [4.69, 9.17) is 11.6 Å². The number of hydrogen-bond acceptors (Lipinski definition) is 2. The van der Waals surface area contributed by atoms with Gasteiger partial charge in [-0.1, -0.05) is 36.9 Å². The fraction of sp³-hybridized carbons (Fsp3) is 0.308. The summed E-state index contributed by atoms with van der Waals surface area (Å²) in [5.41, 5.74) is 1.61. The highest BCUT2D eigenvalue weighted by atomic mass is 35.5. The topological polar surface area (TPSA) is 26.3 Å². The highest BCUT2D eigenvalue weighted by Gasteiger charge is 1.96. The number of halogens is 1. The zero-order chi connectivity index (χ0) is 12.6. The van der Waals surface area contributed by atoms with Crippen molar-refractivity contribution in [3.05, 3.63) is 48.0 Å². The van der Waals surface area contributed by atoms with Crippen LogP contribution in [0.4, 0.5) is 0 Å². The Bertz CT molecular complexity index is 331. The van der Waals surface area contributed by atoms with Crippen molar-refractivity contribution >= 4 is 17.6 Å². The predicted molar refractivity (Wildman–Crippen MR) is 67.5 cm³/mol. The van der Waals surface area contributed by atoms with Gasteiger partial charge in [0.05, 0.1) is 12.5 Å². The van der Waals surface area contributed by atoms with Gasteiger partial charge < -0.3 is 4.74 Å². The molecule has 0 aromatic heterocycles. The molecule has 0 fully saturated rings. The van der Waals surface area contributed by atoms with Crippen molar-refractivity contribution in [1.82, 2.24) is 0 Å². The first-order valence-electron chi connectivity index (χ1n) is 4.91. The van der Waals surface area contributed by atoms with Crippen LogP contribution < -0.4 is 0 Å². The van der Waals surface area contributed by atoms with Crippen molar-refractivity contribution in [3.63, 3.8) is 0 Å². The molecule has 1 aromatic carbocycles. The van der Waals surface area contributed by atoms with Gasteiger partial charge in [0.2, 0.25) is 0 Å². The molecule has 2 nitrogen and oxygen atoms in total. The molecule has 16 heavy (non-hydrogen) atoms. The van der Waals surface area contributed by atoms with E-state index in [0.29, 0.717) is 5.57 Å². The molecule has 0 radical (unpaired) electrons. The van der Waals surface area contributed by atoms with Gasteiger partial charge in [0.1, 0.15) is 0 Å². The van der Waals surface area contributed by atoms with E-state index in [1.165, 1.54) is 12.7 Å². The van der Waals surface area contributed by atoms with E-state index in [-0.39, 0.29) is 11.3 Å². The average Bonchev–Trinajstić information content (AvgIpc) is 2.29. The number of rotatable bonds is 2. The maximum Gasteiger partial charge on any atom is 0.332 e. The first kappa shape index (κ1) is 14.7. The number of alkyl halides is 1. The predicted octanol–water partition coefficient (Wildman–Crippen LogP) is 3.72. The van der Waals surface area contributed by atoms with E-state index in [0.717, 1.165) is 0 Å². The molecule has 0 aliphatic rings. The Morgan fingerprint density at radius 3 is 2.06 bits per heavy atom. The second-order valence-corrected chi connectivity index (χ2v) is 3.95. The Hall–Kier alpha value is -1.28. The first-order chi connectivity index (χ1) is 7.49. The standard InChI is InChI=1S/C8H9Cl.C5H8O2/c1-7(9)8-5-3-2-4-6-8;1-4(2)5(6)7-3/h2-7H,1H3;1H2,2-3H3. The molecule has 0 amide bonds. The molecule has 1 atom stereocenters. The van der Waals surface area contributed by atoms with Crippen molar-refractivity contribution in [2.45, 2.75) is 19.2 Å². The Kier molecular flexibility index (Phi) is 7.31. The number of carbonyl (C=O) groups is 1. The van der Waals surface area contributed by atoms with Crippen LogP contribution in [0, 0.1) is 0 Å². The largest absolute Gasteiger partial charge is 0.466 e. The van der Waals surface area contributed by atoms with Crippen LogP contribution in [0.2, 0.25) is 0 Å². The van der Waals surface area contributed by atoms with Gasteiger partial charge in [0, 0.05) is 5.57 Å². The number of methoxy groups -OCH3 is 1. The summed E-state index contributed by atoms with van der Waals surface area (Å²) < 4.78 is 4.27. The monoisotopic (exact) mass is 240 g/mol. The highest BCUT2D eigenvalue weighted by molar-refractivity contribution is 6.20. The Labute approximate surface area is 102 Å². The first-order valence-corrected chi connectivity index (χ1v) is 5.35. The zero-order valence-electron chi connectivity index (χ0n) is 9.87. The Morgan fingerprint density at radius 1 is 1.38 bits per heavy atom. The molecule has 1 rings (SSSR count). The lowest BCUT2D eigenvalue weighted by molar-refractivity contribution is -0.136. The maximum absolute atomic E-state index is 10.2. The third kappa shape index (κ3) is 6.25. The molecule has 88 valence electrons. The second-order valence-electron chi connectivity index (χ2n) is 3.30. The van der Waals surface area contributed by atoms with Gasteiger partial charge in [-0.25, -0.2) is 4.79 Å². The minimum Gasteiger partial charge on any atom is -0.466 e. The van der Waals surface area contributed by atoms with Crippen molar-refractivity contribution < 1.29 is 9.53 Å². The van der Waals surface area contributed by atoms with Crippen LogP contribution in [0.3, 0.4) is 0 Å². The fourth-order valence-corrected chi connectivity index (χ4v) is 1.04. The normalized spacial score (nSPS) is 10.8. The van der Waals surface area contributed by atoms with Gasteiger partial charge in [-0.3, -0.25) is 0 Å². The molecular formula is C13H17ClO2. The molecule has 0 heterocycles. The molecule has 1 aromatic rings. The number of hydrogen-bond donors (Lipinski definition) is 0. The molecule has 1 unspecified atom stereocenters. The molecule has 0 spiro atoms. The minimum atomic E-state index is -0.347. The van der Waals surface area contributed by atoms with E-state index in [1.807, 2.05) is 37.3 Å². The van der Waals surface area contributed by atoms with Crippen molar-refractivity contribution in [2.75, 3.05) is 7.11 Å². The smallest absolute Gasteiger partial charge is 0.332 e.